The Morgan fingerprint density at radius 3 is 2.67 bits per heavy atom. The van der Waals surface area contributed by atoms with Crippen LogP contribution in [0.3, 0.4) is 0 Å². The van der Waals surface area contributed by atoms with E-state index in [-0.39, 0.29) is 11.7 Å². The van der Waals surface area contributed by atoms with Crippen LogP contribution < -0.4 is 4.90 Å². The van der Waals surface area contributed by atoms with Gasteiger partial charge in [-0.25, -0.2) is 9.37 Å². The first kappa shape index (κ1) is 14.0. The number of aromatic nitrogens is 1. The predicted molar refractivity (Wildman–Crippen MR) is 81.0 cm³/mol. The lowest BCUT2D eigenvalue weighted by atomic mass is 10.2. The van der Waals surface area contributed by atoms with Crippen LogP contribution in [-0.4, -0.2) is 42.0 Å². The van der Waals surface area contributed by atoms with E-state index in [1.165, 1.54) is 17.4 Å². The maximum absolute atomic E-state index is 13.8. The zero-order chi connectivity index (χ0) is 14.7. The zero-order valence-electron chi connectivity index (χ0n) is 11.5. The van der Waals surface area contributed by atoms with Crippen LogP contribution in [0.4, 0.5) is 10.1 Å². The summed E-state index contributed by atoms with van der Waals surface area (Å²) in [5, 5.41) is 1.90. The van der Waals surface area contributed by atoms with E-state index in [2.05, 4.69) is 4.98 Å². The maximum Gasteiger partial charge on any atom is 0.228 e. The van der Waals surface area contributed by atoms with Crippen molar-refractivity contribution in [2.45, 2.75) is 6.42 Å². The van der Waals surface area contributed by atoms with E-state index in [0.29, 0.717) is 38.3 Å². The van der Waals surface area contributed by atoms with Crippen molar-refractivity contribution in [3.05, 3.63) is 46.7 Å². The van der Waals surface area contributed by atoms with Crippen LogP contribution in [0.15, 0.2) is 35.2 Å². The molecule has 1 aliphatic rings. The number of amides is 1. The van der Waals surface area contributed by atoms with Gasteiger partial charge in [0.25, 0.3) is 0 Å². The number of halogens is 1. The fourth-order valence-electron chi connectivity index (χ4n) is 2.50. The average molecular weight is 305 g/mol. The summed E-state index contributed by atoms with van der Waals surface area (Å²) in [6.07, 6.45) is 0.350. The number of carbonyl (C=O) groups excluding carboxylic acids is 1. The van der Waals surface area contributed by atoms with E-state index in [4.69, 9.17) is 0 Å². The number of benzene rings is 1. The minimum absolute atomic E-state index is 0.0917. The lowest BCUT2D eigenvalue weighted by Crippen LogP contribution is -2.49. The van der Waals surface area contributed by atoms with Gasteiger partial charge >= 0.3 is 0 Å². The van der Waals surface area contributed by atoms with Gasteiger partial charge in [-0.2, -0.15) is 0 Å². The van der Waals surface area contributed by atoms with E-state index in [1.54, 1.807) is 17.6 Å². The highest BCUT2D eigenvalue weighted by molar-refractivity contribution is 7.07. The number of thiazole rings is 1. The topological polar surface area (TPSA) is 36.4 Å². The highest BCUT2D eigenvalue weighted by Crippen LogP contribution is 2.20. The van der Waals surface area contributed by atoms with Crippen molar-refractivity contribution in [2.24, 2.45) is 0 Å². The van der Waals surface area contributed by atoms with Crippen molar-refractivity contribution < 1.29 is 9.18 Å². The van der Waals surface area contributed by atoms with Crippen molar-refractivity contribution >= 4 is 22.9 Å². The van der Waals surface area contributed by atoms with E-state index in [0.717, 1.165) is 5.69 Å². The summed E-state index contributed by atoms with van der Waals surface area (Å²) >= 11 is 1.50. The van der Waals surface area contributed by atoms with Gasteiger partial charge in [0.2, 0.25) is 5.91 Å². The molecule has 110 valence electrons. The quantitative estimate of drug-likeness (QED) is 0.872. The Balaban J connectivity index is 1.58. The molecule has 3 rings (SSSR count). The number of carbonyl (C=O) groups is 1. The third-order valence-electron chi connectivity index (χ3n) is 3.64. The average Bonchev–Trinajstić information content (AvgIpc) is 3.01. The van der Waals surface area contributed by atoms with Crippen molar-refractivity contribution in [2.75, 3.05) is 31.1 Å². The monoisotopic (exact) mass is 305 g/mol. The molecule has 1 saturated heterocycles. The molecule has 0 atom stereocenters. The van der Waals surface area contributed by atoms with E-state index in [1.807, 2.05) is 21.2 Å². The number of para-hydroxylation sites is 1. The maximum atomic E-state index is 13.8. The lowest BCUT2D eigenvalue weighted by Gasteiger charge is -2.36. The largest absolute Gasteiger partial charge is 0.366 e. The van der Waals surface area contributed by atoms with Crippen molar-refractivity contribution in [3.8, 4) is 0 Å². The summed E-state index contributed by atoms with van der Waals surface area (Å²) in [6, 6.07) is 6.77. The molecule has 4 nitrogen and oxygen atoms in total. The summed E-state index contributed by atoms with van der Waals surface area (Å²) in [6.45, 7) is 2.56. The first-order chi connectivity index (χ1) is 10.2. The molecular weight excluding hydrogens is 289 g/mol. The van der Waals surface area contributed by atoms with E-state index >= 15 is 0 Å². The smallest absolute Gasteiger partial charge is 0.228 e. The van der Waals surface area contributed by atoms with E-state index in [9.17, 15) is 9.18 Å². The summed E-state index contributed by atoms with van der Waals surface area (Å²) in [7, 11) is 0. The molecule has 0 N–H and O–H groups in total. The standard InChI is InChI=1S/C15H16FN3OS/c16-13-3-1-2-4-14(13)18-5-7-19(8-6-18)15(20)9-12-10-21-11-17-12/h1-4,10-11H,5-9H2. The number of rotatable bonds is 3. The molecule has 1 fully saturated rings. The molecule has 0 aliphatic carbocycles. The third kappa shape index (κ3) is 3.21. The first-order valence-electron chi connectivity index (χ1n) is 6.88. The van der Waals surface area contributed by atoms with Gasteiger partial charge in [0, 0.05) is 31.6 Å². The summed E-state index contributed by atoms with van der Waals surface area (Å²) in [5.41, 5.74) is 3.17. The molecular formula is C15H16FN3OS. The fraction of sp³-hybridized carbons (Fsp3) is 0.333. The molecule has 2 aromatic rings. The minimum Gasteiger partial charge on any atom is -0.366 e. The van der Waals surface area contributed by atoms with Crippen LogP contribution in [0, 0.1) is 5.82 Å². The number of piperazine rings is 1. The van der Waals surface area contributed by atoms with Crippen molar-refractivity contribution in [1.29, 1.82) is 0 Å². The van der Waals surface area contributed by atoms with Gasteiger partial charge in [-0.1, -0.05) is 12.1 Å². The molecule has 21 heavy (non-hydrogen) atoms. The Morgan fingerprint density at radius 1 is 1.24 bits per heavy atom. The molecule has 1 aliphatic heterocycles. The van der Waals surface area contributed by atoms with Crippen LogP contribution in [0.1, 0.15) is 5.69 Å². The number of hydrogen-bond acceptors (Lipinski definition) is 4. The SMILES string of the molecule is O=C(Cc1cscn1)N1CCN(c2ccccc2F)CC1. The number of hydrogen-bond donors (Lipinski definition) is 0. The molecule has 1 aromatic heterocycles. The summed E-state index contributed by atoms with van der Waals surface area (Å²) in [5.74, 6) is -0.117. The van der Waals surface area contributed by atoms with Crippen LogP contribution >= 0.6 is 11.3 Å². The second kappa shape index (κ2) is 6.22. The van der Waals surface area contributed by atoms with Crippen molar-refractivity contribution in [3.63, 3.8) is 0 Å². The molecule has 1 amide bonds. The normalized spacial score (nSPS) is 15.3. The second-order valence-corrected chi connectivity index (χ2v) is 5.69. The van der Waals surface area contributed by atoms with E-state index < -0.39 is 0 Å². The van der Waals surface area contributed by atoms with Gasteiger partial charge in [0.05, 0.1) is 23.3 Å². The van der Waals surface area contributed by atoms with Gasteiger partial charge in [0.1, 0.15) is 5.82 Å². The Morgan fingerprint density at radius 2 is 2.00 bits per heavy atom. The predicted octanol–water partition coefficient (Wildman–Crippen LogP) is 2.17. The Bertz CT molecular complexity index is 609. The third-order valence-corrected chi connectivity index (χ3v) is 4.28. The highest BCUT2D eigenvalue weighted by Gasteiger charge is 2.22. The van der Waals surface area contributed by atoms with Crippen LogP contribution in [0.2, 0.25) is 0 Å². The van der Waals surface area contributed by atoms with Gasteiger partial charge in [-0.3, -0.25) is 4.79 Å². The van der Waals surface area contributed by atoms with Crippen molar-refractivity contribution in [1.82, 2.24) is 9.88 Å². The minimum atomic E-state index is -0.209. The van der Waals surface area contributed by atoms with Gasteiger partial charge in [-0.05, 0) is 12.1 Å². The molecule has 6 heteroatoms. The van der Waals surface area contributed by atoms with Crippen LogP contribution in [-0.2, 0) is 11.2 Å². The summed E-state index contributed by atoms with van der Waals surface area (Å²) in [4.78, 5) is 20.1. The molecule has 0 unspecified atom stereocenters. The molecule has 2 heterocycles. The van der Waals surface area contributed by atoms with Crippen LogP contribution in [0.25, 0.3) is 0 Å². The molecule has 0 bridgehead atoms. The molecule has 1 aromatic carbocycles. The first-order valence-corrected chi connectivity index (χ1v) is 7.82. The van der Waals surface area contributed by atoms with Crippen LogP contribution in [0.5, 0.6) is 0 Å². The lowest BCUT2D eigenvalue weighted by molar-refractivity contribution is -0.130. The Hall–Kier alpha value is -1.95. The van der Waals surface area contributed by atoms with Gasteiger partial charge in [0.15, 0.2) is 0 Å². The molecule has 0 spiro atoms. The fourth-order valence-corrected chi connectivity index (χ4v) is 3.05. The highest BCUT2D eigenvalue weighted by atomic mass is 32.1. The summed E-state index contributed by atoms with van der Waals surface area (Å²) < 4.78 is 13.8. The number of anilines is 1. The Kier molecular flexibility index (Phi) is 4.15. The number of nitrogens with zero attached hydrogens (tertiary/aromatic N) is 3. The zero-order valence-corrected chi connectivity index (χ0v) is 12.4. The van der Waals surface area contributed by atoms with Gasteiger partial charge in [-0.15, -0.1) is 11.3 Å². The Labute approximate surface area is 126 Å². The molecule has 0 radical (unpaired) electrons. The van der Waals surface area contributed by atoms with Gasteiger partial charge < -0.3 is 9.80 Å². The molecule has 0 saturated carbocycles. The second-order valence-electron chi connectivity index (χ2n) is 4.98.